The molecule has 0 unspecified atom stereocenters. The Hall–Kier alpha value is -3.55. The van der Waals surface area contributed by atoms with Gasteiger partial charge in [-0.3, -0.25) is 14.2 Å². The maximum atomic E-state index is 12.7. The molecule has 1 amide bonds. The van der Waals surface area contributed by atoms with Gasteiger partial charge in [0.05, 0.1) is 17.7 Å². The van der Waals surface area contributed by atoms with Crippen molar-refractivity contribution < 1.29 is 4.79 Å². The van der Waals surface area contributed by atoms with Crippen LogP contribution in [0.25, 0.3) is 11.3 Å². The molecule has 1 saturated heterocycles. The molecular weight excluding hydrogens is 440 g/mol. The van der Waals surface area contributed by atoms with Gasteiger partial charge in [0.15, 0.2) is 5.82 Å². The van der Waals surface area contributed by atoms with Gasteiger partial charge >= 0.3 is 0 Å². The molecule has 0 atom stereocenters. The second-order valence-corrected chi connectivity index (χ2v) is 9.52. The summed E-state index contributed by atoms with van der Waals surface area (Å²) in [6.07, 6.45) is 7.85. The zero-order chi connectivity index (χ0) is 24.0. The van der Waals surface area contributed by atoms with Gasteiger partial charge in [-0.2, -0.15) is 0 Å². The van der Waals surface area contributed by atoms with E-state index in [1.807, 2.05) is 42.5 Å². The summed E-state index contributed by atoms with van der Waals surface area (Å²) >= 11 is 0. The van der Waals surface area contributed by atoms with Gasteiger partial charge in [-0.1, -0.05) is 43.2 Å². The number of hydrogen-bond acceptors (Lipinski definition) is 6. The molecule has 2 fully saturated rings. The Morgan fingerprint density at radius 2 is 1.74 bits per heavy atom. The smallest absolute Gasteiger partial charge is 0.253 e. The summed E-state index contributed by atoms with van der Waals surface area (Å²) in [6, 6.07) is 15.7. The summed E-state index contributed by atoms with van der Waals surface area (Å²) in [7, 11) is 0. The number of hydrogen-bond donors (Lipinski definition) is 1. The molecule has 8 nitrogen and oxygen atoms in total. The Morgan fingerprint density at radius 1 is 0.971 bits per heavy atom. The van der Waals surface area contributed by atoms with Crippen molar-refractivity contribution in [2.45, 2.75) is 51.0 Å². The van der Waals surface area contributed by atoms with Crippen LogP contribution in [0.4, 0.5) is 5.82 Å². The molecule has 3 heterocycles. The van der Waals surface area contributed by atoms with Crippen molar-refractivity contribution in [2.75, 3.05) is 24.5 Å². The summed E-state index contributed by atoms with van der Waals surface area (Å²) in [5.74, 6) is 1.30. The average molecular weight is 473 g/mol. The minimum Gasteiger partial charge on any atom is -0.355 e. The summed E-state index contributed by atoms with van der Waals surface area (Å²) in [4.78, 5) is 31.8. The van der Waals surface area contributed by atoms with Crippen molar-refractivity contribution in [3.05, 3.63) is 70.9 Å². The van der Waals surface area contributed by atoms with Crippen molar-refractivity contribution >= 4 is 11.7 Å². The van der Waals surface area contributed by atoms with Crippen LogP contribution < -0.4 is 15.8 Å². The first-order valence-corrected chi connectivity index (χ1v) is 12.7. The summed E-state index contributed by atoms with van der Waals surface area (Å²) in [6.45, 7) is 2.40. The fourth-order valence-corrected chi connectivity index (χ4v) is 5.12. The van der Waals surface area contributed by atoms with E-state index < -0.39 is 0 Å². The summed E-state index contributed by atoms with van der Waals surface area (Å²) in [5, 5.41) is 11.8. The van der Waals surface area contributed by atoms with Crippen LogP contribution in [0.2, 0.25) is 0 Å². The van der Waals surface area contributed by atoms with Gasteiger partial charge in [-0.05, 0) is 37.8 Å². The van der Waals surface area contributed by atoms with E-state index in [-0.39, 0.29) is 17.4 Å². The highest BCUT2D eigenvalue weighted by molar-refractivity contribution is 5.78. The van der Waals surface area contributed by atoms with E-state index in [0.717, 1.165) is 61.5 Å². The lowest BCUT2D eigenvalue weighted by Crippen LogP contribution is -2.42. The lowest BCUT2D eigenvalue weighted by molar-refractivity contribution is -0.125. The van der Waals surface area contributed by atoms with Crippen molar-refractivity contribution in [2.24, 2.45) is 5.92 Å². The fraction of sp³-hybridized carbons (Fsp3) is 0.444. The number of rotatable bonds is 7. The maximum Gasteiger partial charge on any atom is 0.253 e. The number of piperidine rings is 1. The van der Waals surface area contributed by atoms with Crippen LogP contribution in [0.1, 0.15) is 50.1 Å². The highest BCUT2D eigenvalue weighted by Gasteiger charge is 2.25. The number of benzene rings is 1. The minimum absolute atomic E-state index is 0.0256. The Kier molecular flexibility index (Phi) is 7.16. The van der Waals surface area contributed by atoms with Gasteiger partial charge in [0, 0.05) is 49.6 Å². The molecule has 0 radical (unpaired) electrons. The van der Waals surface area contributed by atoms with Gasteiger partial charge in [0.2, 0.25) is 5.91 Å². The third-order valence-electron chi connectivity index (χ3n) is 7.24. The normalized spacial score (nSPS) is 17.0. The SMILES string of the molecule is O=C(NCCn1cnc(C2CCCC2)cc1=O)C1CCN(c2ccc(-c3ccccc3)nn2)CC1. The van der Waals surface area contributed by atoms with Crippen molar-refractivity contribution in [1.82, 2.24) is 25.1 Å². The van der Waals surface area contributed by atoms with Gasteiger partial charge in [-0.25, -0.2) is 4.98 Å². The number of anilines is 1. The zero-order valence-corrected chi connectivity index (χ0v) is 20.0. The Labute approximate surface area is 205 Å². The number of amides is 1. The second-order valence-electron chi connectivity index (χ2n) is 9.52. The lowest BCUT2D eigenvalue weighted by atomic mass is 9.96. The predicted octanol–water partition coefficient (Wildman–Crippen LogP) is 3.39. The molecule has 5 rings (SSSR count). The molecule has 2 aliphatic rings. The molecule has 1 saturated carbocycles. The molecular formula is C27H32N6O2. The van der Waals surface area contributed by atoms with Gasteiger partial charge < -0.3 is 10.2 Å². The standard InChI is InChI=1S/C27H32N6O2/c34-26-18-24(21-8-4-5-9-21)29-19-33(26)17-14-28-27(35)22-12-15-32(16-13-22)25-11-10-23(30-31-25)20-6-2-1-3-7-20/h1-3,6-7,10-11,18-19,21-22H,4-5,8-9,12-17H2,(H,28,35). The van der Waals surface area contributed by atoms with Crippen LogP contribution in [-0.4, -0.2) is 45.3 Å². The lowest BCUT2D eigenvalue weighted by Gasteiger charge is -2.31. The average Bonchev–Trinajstić information content (AvgIpc) is 3.45. The molecule has 0 spiro atoms. The molecule has 1 aliphatic heterocycles. The maximum absolute atomic E-state index is 12.7. The Bertz CT molecular complexity index is 1180. The molecule has 35 heavy (non-hydrogen) atoms. The van der Waals surface area contributed by atoms with Gasteiger partial charge in [0.25, 0.3) is 5.56 Å². The molecule has 1 aromatic carbocycles. The number of nitrogens with zero attached hydrogens (tertiary/aromatic N) is 5. The zero-order valence-electron chi connectivity index (χ0n) is 20.0. The first kappa shape index (κ1) is 23.2. The van der Waals surface area contributed by atoms with Gasteiger partial charge in [-0.15, -0.1) is 10.2 Å². The van der Waals surface area contributed by atoms with Crippen molar-refractivity contribution in [1.29, 1.82) is 0 Å². The third kappa shape index (κ3) is 5.58. The van der Waals surface area contributed by atoms with Crippen molar-refractivity contribution in [3.63, 3.8) is 0 Å². The van der Waals surface area contributed by atoms with E-state index in [2.05, 4.69) is 25.4 Å². The van der Waals surface area contributed by atoms with E-state index in [1.54, 1.807) is 17.0 Å². The Balaban J connectivity index is 1.07. The molecule has 1 N–H and O–H groups in total. The molecule has 182 valence electrons. The highest BCUT2D eigenvalue weighted by atomic mass is 16.2. The third-order valence-corrected chi connectivity index (χ3v) is 7.24. The van der Waals surface area contributed by atoms with E-state index in [4.69, 9.17) is 0 Å². The minimum atomic E-state index is -0.0381. The van der Waals surface area contributed by atoms with E-state index in [0.29, 0.717) is 19.0 Å². The van der Waals surface area contributed by atoms with Crippen LogP contribution in [-0.2, 0) is 11.3 Å². The largest absolute Gasteiger partial charge is 0.355 e. The van der Waals surface area contributed by atoms with Crippen LogP contribution in [0.15, 0.2) is 59.7 Å². The molecule has 0 bridgehead atoms. The molecule has 2 aromatic heterocycles. The van der Waals surface area contributed by atoms with E-state index >= 15 is 0 Å². The van der Waals surface area contributed by atoms with Crippen LogP contribution in [0.3, 0.4) is 0 Å². The number of nitrogens with one attached hydrogen (secondary N) is 1. The molecule has 1 aliphatic carbocycles. The second kappa shape index (κ2) is 10.8. The topological polar surface area (TPSA) is 93.0 Å². The first-order chi connectivity index (χ1) is 17.2. The summed E-state index contributed by atoms with van der Waals surface area (Å²) in [5.41, 5.74) is 2.78. The Morgan fingerprint density at radius 3 is 2.43 bits per heavy atom. The van der Waals surface area contributed by atoms with E-state index in [1.165, 1.54) is 12.8 Å². The number of carbonyl (C=O) groups is 1. The van der Waals surface area contributed by atoms with Crippen LogP contribution in [0.5, 0.6) is 0 Å². The predicted molar refractivity (Wildman–Crippen MR) is 135 cm³/mol. The summed E-state index contributed by atoms with van der Waals surface area (Å²) < 4.78 is 1.58. The van der Waals surface area contributed by atoms with Crippen LogP contribution in [0, 0.1) is 5.92 Å². The monoisotopic (exact) mass is 472 g/mol. The van der Waals surface area contributed by atoms with Crippen LogP contribution >= 0.6 is 0 Å². The van der Waals surface area contributed by atoms with Gasteiger partial charge in [0.1, 0.15) is 0 Å². The number of aromatic nitrogens is 4. The van der Waals surface area contributed by atoms with Crippen molar-refractivity contribution in [3.8, 4) is 11.3 Å². The first-order valence-electron chi connectivity index (χ1n) is 12.7. The molecule has 3 aromatic rings. The highest BCUT2D eigenvalue weighted by Crippen LogP contribution is 2.32. The molecule has 8 heteroatoms. The fourth-order valence-electron chi connectivity index (χ4n) is 5.12. The van der Waals surface area contributed by atoms with E-state index in [9.17, 15) is 9.59 Å². The number of carbonyl (C=O) groups excluding carboxylic acids is 1. The quantitative estimate of drug-likeness (QED) is 0.567.